The normalized spacial score (nSPS) is 14.5. The Kier molecular flexibility index (Phi) is 10.8. The predicted octanol–water partition coefficient (Wildman–Crippen LogP) is 6.06. The minimum absolute atomic E-state index is 0.214. The zero-order chi connectivity index (χ0) is 27.2. The number of sulfone groups is 1. The quantitative estimate of drug-likeness (QED) is 0.343. The average molecular weight is 557 g/mol. The number of carboxylic acid groups (broad SMARTS) is 1. The van der Waals surface area contributed by atoms with Crippen molar-refractivity contribution < 1.29 is 23.1 Å². The molecule has 0 aliphatic carbocycles. The fraction of sp³-hybridized carbons (Fsp3) is 0.481. The van der Waals surface area contributed by atoms with Crippen LogP contribution in [0.15, 0.2) is 48.5 Å². The molecular weight excluding hydrogens is 521 g/mol. The van der Waals surface area contributed by atoms with Gasteiger partial charge in [-0.3, -0.25) is 9.59 Å². The molecule has 0 heterocycles. The Bertz CT molecular complexity index is 1150. The summed E-state index contributed by atoms with van der Waals surface area (Å²) in [6.07, 6.45) is 0.000250. The molecule has 3 atom stereocenters. The zero-order valence-corrected chi connectivity index (χ0v) is 23.6. The largest absolute Gasteiger partial charge is 0.481 e. The number of rotatable bonds is 12. The molecule has 0 fully saturated rings. The van der Waals surface area contributed by atoms with Gasteiger partial charge in [0.25, 0.3) is 0 Å². The van der Waals surface area contributed by atoms with Crippen molar-refractivity contribution >= 4 is 44.9 Å². The van der Waals surface area contributed by atoms with Crippen LogP contribution in [0, 0.1) is 11.8 Å². The summed E-state index contributed by atoms with van der Waals surface area (Å²) in [5, 5.41) is 9.83. The number of hydrogen-bond acceptors (Lipinski definition) is 4. The van der Waals surface area contributed by atoms with E-state index in [1.54, 1.807) is 43.9 Å². The maximum Gasteiger partial charge on any atom is 0.304 e. The fourth-order valence-electron chi connectivity index (χ4n) is 4.13. The molecule has 0 saturated heterocycles. The van der Waals surface area contributed by atoms with Gasteiger partial charge in [-0.05, 0) is 61.6 Å². The molecule has 0 radical (unpaired) electrons. The van der Waals surface area contributed by atoms with Crippen LogP contribution in [0.5, 0.6) is 0 Å². The van der Waals surface area contributed by atoms with Crippen molar-refractivity contribution in [3.8, 4) is 0 Å². The fourth-order valence-corrected chi connectivity index (χ4v) is 5.87. The highest BCUT2D eigenvalue weighted by molar-refractivity contribution is 7.92. The lowest BCUT2D eigenvalue weighted by Gasteiger charge is -2.42. The number of benzene rings is 2. The maximum atomic E-state index is 13.9. The summed E-state index contributed by atoms with van der Waals surface area (Å²) in [7, 11) is -3.52. The lowest BCUT2D eigenvalue weighted by molar-refractivity contribution is -0.147. The third kappa shape index (κ3) is 8.22. The minimum Gasteiger partial charge on any atom is -0.481 e. The van der Waals surface area contributed by atoms with Crippen molar-refractivity contribution in [2.75, 3.05) is 5.75 Å². The number of carbonyl (C=O) groups is 2. The van der Waals surface area contributed by atoms with Crippen LogP contribution in [0.4, 0.5) is 0 Å². The molecule has 2 rings (SSSR count). The second kappa shape index (κ2) is 12.9. The van der Waals surface area contributed by atoms with Gasteiger partial charge in [-0.15, -0.1) is 0 Å². The van der Waals surface area contributed by atoms with E-state index in [-0.39, 0.29) is 18.1 Å². The molecule has 1 N–H and O–H groups in total. The number of halogens is 2. The number of aliphatic carboxylic acids is 1. The van der Waals surface area contributed by atoms with Crippen LogP contribution in [0.1, 0.15) is 58.2 Å². The van der Waals surface area contributed by atoms with E-state index < -0.39 is 45.0 Å². The molecule has 0 aromatic heterocycles. The van der Waals surface area contributed by atoms with Gasteiger partial charge in [-0.25, -0.2) is 8.42 Å². The Labute approximate surface area is 224 Å². The average Bonchev–Trinajstić information content (AvgIpc) is 2.77. The van der Waals surface area contributed by atoms with Gasteiger partial charge in [0, 0.05) is 22.0 Å². The number of carbonyl (C=O) groups excluding carboxylic acids is 1. The predicted molar refractivity (Wildman–Crippen MR) is 145 cm³/mol. The van der Waals surface area contributed by atoms with E-state index in [0.29, 0.717) is 16.5 Å². The van der Waals surface area contributed by atoms with E-state index in [2.05, 4.69) is 0 Å². The SMILES string of the molecule is CC(CC(=O)O)C(=O)N(C(Cc1cccc(Cl)c1)c1ccc(Cl)cc1)[C@H](CS(=O)(=O)C(C)C)C(C)C. The van der Waals surface area contributed by atoms with Gasteiger partial charge in [0.15, 0.2) is 9.84 Å². The van der Waals surface area contributed by atoms with Gasteiger partial charge < -0.3 is 10.0 Å². The van der Waals surface area contributed by atoms with Crippen LogP contribution in [-0.2, 0) is 25.8 Å². The van der Waals surface area contributed by atoms with Crippen LogP contribution in [0.25, 0.3) is 0 Å². The summed E-state index contributed by atoms with van der Waals surface area (Å²) < 4.78 is 26.1. The van der Waals surface area contributed by atoms with Gasteiger partial charge in [0.1, 0.15) is 0 Å². The molecule has 0 aliphatic heterocycles. The Hall–Kier alpha value is -2.09. The van der Waals surface area contributed by atoms with E-state index in [4.69, 9.17) is 23.2 Å². The summed E-state index contributed by atoms with van der Waals surface area (Å²) in [6, 6.07) is 13.1. The summed E-state index contributed by atoms with van der Waals surface area (Å²) in [5.41, 5.74) is 1.63. The Morgan fingerprint density at radius 3 is 2.06 bits per heavy atom. The second-order valence-electron chi connectivity index (χ2n) is 9.84. The molecule has 2 unspecified atom stereocenters. The molecule has 1 amide bonds. The molecule has 198 valence electrons. The first kappa shape index (κ1) is 30.1. The highest BCUT2D eigenvalue weighted by Crippen LogP contribution is 2.33. The third-order valence-corrected chi connectivity index (χ3v) is 9.04. The molecule has 0 saturated carbocycles. The third-order valence-electron chi connectivity index (χ3n) is 6.31. The van der Waals surface area contributed by atoms with Crippen molar-refractivity contribution in [1.82, 2.24) is 4.90 Å². The smallest absolute Gasteiger partial charge is 0.304 e. The van der Waals surface area contributed by atoms with Crippen LogP contribution < -0.4 is 0 Å². The van der Waals surface area contributed by atoms with Gasteiger partial charge in [-0.2, -0.15) is 0 Å². The summed E-state index contributed by atoms with van der Waals surface area (Å²) in [6.45, 7) is 8.56. The topological polar surface area (TPSA) is 91.8 Å². The van der Waals surface area contributed by atoms with E-state index in [1.165, 1.54) is 0 Å². The maximum absolute atomic E-state index is 13.9. The molecular formula is C27H35Cl2NO5S. The number of hydrogen-bond donors (Lipinski definition) is 1. The molecule has 9 heteroatoms. The van der Waals surface area contributed by atoms with E-state index in [9.17, 15) is 23.1 Å². The van der Waals surface area contributed by atoms with Gasteiger partial charge in [0.05, 0.1) is 23.5 Å². The van der Waals surface area contributed by atoms with Crippen molar-refractivity contribution in [2.24, 2.45) is 11.8 Å². The number of carboxylic acids is 1. The number of nitrogens with zero attached hydrogens (tertiary/aromatic N) is 1. The van der Waals surface area contributed by atoms with E-state index in [1.807, 2.05) is 44.2 Å². The molecule has 0 aliphatic rings. The monoisotopic (exact) mass is 555 g/mol. The van der Waals surface area contributed by atoms with Crippen LogP contribution in [0.3, 0.4) is 0 Å². The Morgan fingerprint density at radius 1 is 0.944 bits per heavy atom. The standard InChI is InChI=1S/C27H35Cl2NO5S/c1-17(2)25(16-36(34,35)18(3)4)30(27(33)19(5)13-26(31)32)24(21-9-11-22(28)12-10-21)15-20-7-6-8-23(29)14-20/h6-12,14,17-19,24-25H,13,15-16H2,1-5H3,(H,31,32)/t19?,24?,25-/m1/s1. The van der Waals surface area contributed by atoms with Crippen molar-refractivity contribution in [3.63, 3.8) is 0 Å². The minimum atomic E-state index is -3.52. The summed E-state index contributed by atoms with van der Waals surface area (Å²) in [4.78, 5) is 27.0. The second-order valence-corrected chi connectivity index (χ2v) is 13.3. The van der Waals surface area contributed by atoms with Gasteiger partial charge in [0.2, 0.25) is 5.91 Å². The van der Waals surface area contributed by atoms with Gasteiger partial charge >= 0.3 is 5.97 Å². The van der Waals surface area contributed by atoms with Crippen molar-refractivity contribution in [2.45, 2.75) is 64.8 Å². The van der Waals surface area contributed by atoms with Crippen LogP contribution in [0.2, 0.25) is 10.0 Å². The highest BCUT2D eigenvalue weighted by atomic mass is 35.5. The summed E-state index contributed by atoms with van der Waals surface area (Å²) in [5.74, 6) is -2.79. The van der Waals surface area contributed by atoms with Crippen LogP contribution in [-0.4, -0.2) is 47.3 Å². The Morgan fingerprint density at radius 2 is 1.56 bits per heavy atom. The molecule has 36 heavy (non-hydrogen) atoms. The van der Waals surface area contributed by atoms with E-state index in [0.717, 1.165) is 11.1 Å². The van der Waals surface area contributed by atoms with Gasteiger partial charge in [-0.1, -0.05) is 68.2 Å². The first-order chi connectivity index (χ1) is 16.7. The number of amides is 1. The molecule has 0 bridgehead atoms. The van der Waals surface area contributed by atoms with Crippen molar-refractivity contribution in [3.05, 3.63) is 69.7 Å². The Balaban J connectivity index is 2.72. The molecule has 0 spiro atoms. The summed E-state index contributed by atoms with van der Waals surface area (Å²) >= 11 is 12.4. The van der Waals surface area contributed by atoms with E-state index >= 15 is 0 Å². The zero-order valence-electron chi connectivity index (χ0n) is 21.3. The van der Waals surface area contributed by atoms with Crippen LogP contribution >= 0.6 is 23.2 Å². The lowest BCUT2D eigenvalue weighted by Crippen LogP contribution is -2.52. The first-order valence-electron chi connectivity index (χ1n) is 12.0. The molecule has 2 aromatic rings. The molecule has 6 nitrogen and oxygen atoms in total. The highest BCUT2D eigenvalue weighted by Gasteiger charge is 2.39. The molecule has 2 aromatic carbocycles. The lowest BCUT2D eigenvalue weighted by atomic mass is 9.91. The van der Waals surface area contributed by atoms with Crippen molar-refractivity contribution in [1.29, 1.82) is 0 Å². The first-order valence-corrected chi connectivity index (χ1v) is 14.5.